The normalized spacial score (nSPS) is 11.9. The van der Waals surface area contributed by atoms with E-state index in [0.717, 1.165) is 24.0 Å². The van der Waals surface area contributed by atoms with Gasteiger partial charge in [-0.2, -0.15) is 9.50 Å². The lowest BCUT2D eigenvalue weighted by molar-refractivity contribution is 0.600. The zero-order chi connectivity index (χ0) is 15.7. The fourth-order valence-corrected chi connectivity index (χ4v) is 3.35. The zero-order valence-electron chi connectivity index (χ0n) is 12.2. The number of nitrogens with zero attached hydrogens (tertiary/aromatic N) is 4. The smallest absolute Gasteiger partial charge is 0.273 e. The Morgan fingerprint density at radius 1 is 1.18 bits per heavy atom. The number of hydrogen-bond donors (Lipinski definition) is 2. The summed E-state index contributed by atoms with van der Waals surface area (Å²) in [6, 6.07) is 5.15. The molecular weight excluding hydrogens is 304 g/mol. The standard InChI is InChI=1S/C13H16N6O2S/c1-3-9-5-6-11(7-10(9)4-2)22(20,21)18-13-17-16-12-14-8-15-19(12)13/h5-8H,3-4H2,1-2H3,(H,17,18)(H,14,15,16). The Morgan fingerprint density at radius 2 is 1.95 bits per heavy atom. The van der Waals surface area contributed by atoms with Crippen molar-refractivity contribution in [3.63, 3.8) is 0 Å². The Bertz CT molecular complexity index is 912. The van der Waals surface area contributed by atoms with Gasteiger partial charge in [0.15, 0.2) is 0 Å². The molecule has 1 aromatic carbocycles. The number of aryl methyl sites for hydroxylation is 2. The van der Waals surface area contributed by atoms with E-state index in [-0.39, 0.29) is 10.8 Å². The molecule has 0 bridgehead atoms. The predicted octanol–water partition coefficient (Wildman–Crippen LogP) is 1.38. The third-order valence-corrected chi connectivity index (χ3v) is 4.81. The monoisotopic (exact) mass is 320 g/mol. The van der Waals surface area contributed by atoms with Crippen molar-refractivity contribution in [2.24, 2.45) is 0 Å². The van der Waals surface area contributed by atoms with Crippen LogP contribution in [0.5, 0.6) is 0 Å². The largest absolute Gasteiger partial charge is 0.278 e. The van der Waals surface area contributed by atoms with Gasteiger partial charge in [-0.05, 0) is 36.1 Å². The minimum atomic E-state index is -3.73. The van der Waals surface area contributed by atoms with Crippen molar-refractivity contribution in [2.75, 3.05) is 4.72 Å². The quantitative estimate of drug-likeness (QED) is 0.739. The molecule has 0 aliphatic rings. The Morgan fingerprint density at radius 3 is 2.68 bits per heavy atom. The van der Waals surface area contributed by atoms with Gasteiger partial charge in [-0.1, -0.05) is 19.9 Å². The number of nitrogens with one attached hydrogen (secondary N) is 2. The van der Waals surface area contributed by atoms with Crippen LogP contribution in [-0.2, 0) is 22.9 Å². The Balaban J connectivity index is 1.98. The highest BCUT2D eigenvalue weighted by molar-refractivity contribution is 7.92. The van der Waals surface area contributed by atoms with E-state index in [9.17, 15) is 8.42 Å². The number of anilines is 1. The van der Waals surface area contributed by atoms with Crippen LogP contribution in [0.2, 0.25) is 0 Å². The fourth-order valence-electron chi connectivity index (χ4n) is 2.31. The van der Waals surface area contributed by atoms with E-state index in [2.05, 4.69) is 25.0 Å². The lowest BCUT2D eigenvalue weighted by Gasteiger charge is -2.10. The van der Waals surface area contributed by atoms with Crippen molar-refractivity contribution in [2.45, 2.75) is 31.6 Å². The van der Waals surface area contributed by atoms with Crippen molar-refractivity contribution in [3.8, 4) is 0 Å². The molecule has 9 heteroatoms. The molecule has 22 heavy (non-hydrogen) atoms. The number of hydrogen-bond acceptors (Lipinski definition) is 5. The highest BCUT2D eigenvalue weighted by Gasteiger charge is 2.19. The molecule has 0 aliphatic carbocycles. The molecule has 0 atom stereocenters. The van der Waals surface area contributed by atoms with Crippen molar-refractivity contribution in [1.82, 2.24) is 24.8 Å². The minimum absolute atomic E-state index is 0.0742. The van der Waals surface area contributed by atoms with Gasteiger partial charge in [0.2, 0.25) is 0 Å². The van der Waals surface area contributed by atoms with Gasteiger partial charge in [0.05, 0.1) is 4.90 Å². The molecule has 0 aliphatic heterocycles. The Kier molecular flexibility index (Phi) is 3.57. The number of aromatic amines is 1. The van der Waals surface area contributed by atoms with Crippen LogP contribution in [0.25, 0.3) is 5.78 Å². The first kappa shape index (κ1) is 14.5. The molecule has 0 radical (unpaired) electrons. The molecule has 0 spiro atoms. The maximum absolute atomic E-state index is 12.5. The van der Waals surface area contributed by atoms with E-state index >= 15 is 0 Å². The molecule has 0 fully saturated rings. The second kappa shape index (κ2) is 5.41. The molecular formula is C13H16N6O2S. The molecule has 3 aromatic rings. The lowest BCUT2D eigenvalue weighted by atomic mass is 10.0. The average molecular weight is 320 g/mol. The van der Waals surface area contributed by atoms with Crippen LogP contribution in [0.4, 0.5) is 5.95 Å². The van der Waals surface area contributed by atoms with Crippen molar-refractivity contribution >= 4 is 21.7 Å². The maximum Gasteiger partial charge on any atom is 0.273 e. The van der Waals surface area contributed by atoms with Gasteiger partial charge in [-0.15, -0.1) is 10.2 Å². The number of aromatic nitrogens is 5. The van der Waals surface area contributed by atoms with E-state index in [1.807, 2.05) is 19.9 Å². The van der Waals surface area contributed by atoms with Gasteiger partial charge in [-0.25, -0.2) is 13.1 Å². The van der Waals surface area contributed by atoms with Gasteiger partial charge >= 0.3 is 0 Å². The Labute approximate surface area is 127 Å². The molecule has 0 unspecified atom stereocenters. The second-order valence-corrected chi connectivity index (χ2v) is 6.47. The van der Waals surface area contributed by atoms with Crippen molar-refractivity contribution in [1.29, 1.82) is 0 Å². The van der Waals surface area contributed by atoms with E-state index in [0.29, 0.717) is 5.78 Å². The van der Waals surface area contributed by atoms with Gasteiger partial charge in [0.1, 0.15) is 6.33 Å². The molecule has 0 saturated heterocycles. The summed E-state index contributed by atoms with van der Waals surface area (Å²) in [6.07, 6.45) is 3.06. The minimum Gasteiger partial charge on any atom is -0.278 e. The average Bonchev–Trinajstić information content (AvgIpc) is 3.11. The third-order valence-electron chi connectivity index (χ3n) is 3.49. The van der Waals surface area contributed by atoms with Crippen LogP contribution in [-0.4, -0.2) is 33.2 Å². The molecule has 3 rings (SSSR count). The SMILES string of the molecule is CCc1ccc(S(=O)(=O)Nc2nnc3nc[nH]n23)cc1CC. The van der Waals surface area contributed by atoms with E-state index in [1.165, 1.54) is 10.8 Å². The lowest BCUT2D eigenvalue weighted by Crippen LogP contribution is -2.16. The number of benzene rings is 1. The van der Waals surface area contributed by atoms with Gasteiger partial charge in [0.25, 0.3) is 21.7 Å². The van der Waals surface area contributed by atoms with E-state index in [4.69, 9.17) is 0 Å². The molecule has 0 amide bonds. The summed E-state index contributed by atoms with van der Waals surface area (Å²) in [6.45, 7) is 4.05. The second-order valence-electron chi connectivity index (χ2n) is 4.79. The van der Waals surface area contributed by atoms with E-state index in [1.54, 1.807) is 12.1 Å². The van der Waals surface area contributed by atoms with Crippen molar-refractivity contribution in [3.05, 3.63) is 35.7 Å². The van der Waals surface area contributed by atoms with Crippen LogP contribution >= 0.6 is 0 Å². The summed E-state index contributed by atoms with van der Waals surface area (Å²) in [7, 11) is -3.73. The van der Waals surface area contributed by atoms with Crippen LogP contribution in [0.1, 0.15) is 25.0 Å². The number of sulfonamides is 1. The first-order valence-corrected chi connectivity index (χ1v) is 8.42. The van der Waals surface area contributed by atoms with Crippen LogP contribution < -0.4 is 4.72 Å². The van der Waals surface area contributed by atoms with Crippen molar-refractivity contribution < 1.29 is 8.42 Å². The van der Waals surface area contributed by atoms with E-state index < -0.39 is 10.0 Å². The fraction of sp³-hybridized carbons (Fsp3) is 0.308. The van der Waals surface area contributed by atoms with Crippen LogP contribution in [0.3, 0.4) is 0 Å². The number of rotatable bonds is 5. The molecule has 116 valence electrons. The summed E-state index contributed by atoms with van der Waals surface area (Å²) < 4.78 is 28.8. The first-order chi connectivity index (χ1) is 10.5. The first-order valence-electron chi connectivity index (χ1n) is 6.94. The summed E-state index contributed by atoms with van der Waals surface area (Å²) in [4.78, 5) is 4.10. The van der Waals surface area contributed by atoms with Gasteiger partial charge in [0, 0.05) is 0 Å². The van der Waals surface area contributed by atoms with Crippen LogP contribution in [0, 0.1) is 0 Å². The van der Waals surface area contributed by atoms with Gasteiger partial charge < -0.3 is 0 Å². The molecule has 2 aromatic heterocycles. The molecule has 8 nitrogen and oxygen atoms in total. The topological polar surface area (TPSA) is 105 Å². The highest BCUT2D eigenvalue weighted by Crippen LogP contribution is 2.19. The summed E-state index contributed by atoms with van der Waals surface area (Å²) in [5, 5.41) is 10.3. The number of fused-ring (bicyclic) bond motifs is 1. The Hall–Kier alpha value is -2.42. The highest BCUT2D eigenvalue weighted by atomic mass is 32.2. The third kappa shape index (κ3) is 2.43. The van der Waals surface area contributed by atoms with Gasteiger partial charge in [-0.3, -0.25) is 5.10 Å². The number of H-pyrrole nitrogens is 1. The summed E-state index contributed by atoms with van der Waals surface area (Å²) in [5.41, 5.74) is 2.18. The zero-order valence-corrected chi connectivity index (χ0v) is 13.1. The molecule has 2 heterocycles. The van der Waals surface area contributed by atoms with Crippen LogP contribution in [0.15, 0.2) is 29.4 Å². The maximum atomic E-state index is 12.5. The summed E-state index contributed by atoms with van der Waals surface area (Å²) in [5.74, 6) is 0.374. The predicted molar refractivity (Wildman–Crippen MR) is 81.1 cm³/mol. The summed E-state index contributed by atoms with van der Waals surface area (Å²) >= 11 is 0. The molecule has 0 saturated carbocycles. The molecule has 2 N–H and O–H groups in total.